The van der Waals surface area contributed by atoms with E-state index in [9.17, 15) is 19.8 Å². The average Bonchev–Trinajstić information content (AvgIpc) is 2.72. The molecule has 0 heterocycles. The van der Waals surface area contributed by atoms with Crippen molar-refractivity contribution in [1.29, 1.82) is 0 Å². The van der Waals surface area contributed by atoms with Gasteiger partial charge in [-0.2, -0.15) is 0 Å². The first kappa shape index (κ1) is 23.4. The molecule has 3 atom stereocenters. The van der Waals surface area contributed by atoms with E-state index in [4.69, 9.17) is 9.84 Å². The van der Waals surface area contributed by atoms with E-state index < -0.39 is 18.2 Å². The SMILES string of the molecule is C[C@H](CC[C@@H](O)C(=O)O)C[C@H](O)CCNC(=O)c1cccc(Oc2ccccc2)c1. The molecule has 0 aliphatic heterocycles. The van der Waals surface area contributed by atoms with Gasteiger partial charge in [0.1, 0.15) is 11.5 Å². The summed E-state index contributed by atoms with van der Waals surface area (Å²) in [5, 5.41) is 30.9. The standard InChI is InChI=1S/C23H29NO6/c1-16(10-11-21(26)23(28)29)14-18(25)12-13-24-22(27)17-6-5-9-20(15-17)30-19-7-3-2-4-8-19/h2-9,15-16,18,21,25-26H,10-14H2,1H3,(H,24,27)(H,28,29)/t16-,18-,21-/m1/s1. The Hall–Kier alpha value is -2.90. The first-order valence-corrected chi connectivity index (χ1v) is 10.0. The van der Waals surface area contributed by atoms with Gasteiger partial charge in [-0.05, 0) is 61.9 Å². The summed E-state index contributed by atoms with van der Waals surface area (Å²) in [5.41, 5.74) is 0.467. The number of nitrogens with one attached hydrogen (secondary N) is 1. The Kier molecular flexibility index (Phi) is 9.31. The zero-order valence-electron chi connectivity index (χ0n) is 17.0. The Balaban J connectivity index is 1.73. The fourth-order valence-corrected chi connectivity index (χ4v) is 3.05. The van der Waals surface area contributed by atoms with Gasteiger partial charge in [0.15, 0.2) is 6.10 Å². The van der Waals surface area contributed by atoms with Crippen LogP contribution in [0.25, 0.3) is 0 Å². The molecule has 2 rings (SSSR count). The van der Waals surface area contributed by atoms with Gasteiger partial charge in [0.2, 0.25) is 0 Å². The van der Waals surface area contributed by atoms with Crippen LogP contribution in [0.15, 0.2) is 54.6 Å². The maximum Gasteiger partial charge on any atom is 0.332 e. The van der Waals surface area contributed by atoms with Gasteiger partial charge in [-0.25, -0.2) is 4.79 Å². The number of carboxylic acid groups (broad SMARTS) is 1. The summed E-state index contributed by atoms with van der Waals surface area (Å²) in [4.78, 5) is 23.0. The Morgan fingerprint density at radius 1 is 0.967 bits per heavy atom. The van der Waals surface area contributed by atoms with Crippen molar-refractivity contribution >= 4 is 11.9 Å². The highest BCUT2D eigenvalue weighted by atomic mass is 16.5. The van der Waals surface area contributed by atoms with Crippen LogP contribution in [0.1, 0.15) is 43.0 Å². The molecule has 0 bridgehead atoms. The molecule has 1 amide bonds. The highest BCUT2D eigenvalue weighted by Gasteiger charge is 2.17. The number of ether oxygens (including phenoxy) is 1. The van der Waals surface area contributed by atoms with Crippen molar-refractivity contribution in [2.45, 2.75) is 44.8 Å². The maximum absolute atomic E-state index is 12.4. The first-order chi connectivity index (χ1) is 14.3. The predicted molar refractivity (Wildman–Crippen MR) is 113 cm³/mol. The van der Waals surface area contributed by atoms with Crippen molar-refractivity contribution in [3.63, 3.8) is 0 Å². The van der Waals surface area contributed by atoms with Crippen LogP contribution in [0, 0.1) is 5.92 Å². The molecule has 0 unspecified atom stereocenters. The first-order valence-electron chi connectivity index (χ1n) is 10.0. The lowest BCUT2D eigenvalue weighted by molar-refractivity contribution is -0.147. The minimum Gasteiger partial charge on any atom is -0.479 e. The van der Waals surface area contributed by atoms with E-state index >= 15 is 0 Å². The Morgan fingerprint density at radius 3 is 2.37 bits per heavy atom. The minimum atomic E-state index is -1.37. The van der Waals surface area contributed by atoms with Crippen molar-refractivity contribution in [2.24, 2.45) is 5.92 Å². The number of para-hydroxylation sites is 1. The van der Waals surface area contributed by atoms with E-state index in [-0.39, 0.29) is 18.2 Å². The molecule has 0 fully saturated rings. The quantitative estimate of drug-likeness (QED) is 0.423. The maximum atomic E-state index is 12.4. The number of carbonyl (C=O) groups is 2. The number of benzene rings is 2. The molecule has 0 spiro atoms. The van der Waals surface area contributed by atoms with E-state index in [0.29, 0.717) is 42.9 Å². The molecule has 0 radical (unpaired) electrons. The van der Waals surface area contributed by atoms with Gasteiger partial charge in [0, 0.05) is 12.1 Å². The van der Waals surface area contributed by atoms with Crippen molar-refractivity contribution < 1.29 is 29.6 Å². The molecular formula is C23H29NO6. The highest BCUT2D eigenvalue weighted by Crippen LogP contribution is 2.22. The normalized spacial score (nSPS) is 13.8. The van der Waals surface area contributed by atoms with Crippen LogP contribution in [0.4, 0.5) is 0 Å². The molecule has 4 N–H and O–H groups in total. The number of carbonyl (C=O) groups excluding carboxylic acids is 1. The molecule has 0 aliphatic rings. The fraction of sp³-hybridized carbons (Fsp3) is 0.391. The van der Waals surface area contributed by atoms with Gasteiger partial charge in [0.05, 0.1) is 6.10 Å². The van der Waals surface area contributed by atoms with Crippen LogP contribution in [0.3, 0.4) is 0 Å². The summed E-state index contributed by atoms with van der Waals surface area (Å²) in [6, 6.07) is 16.2. The average molecular weight is 415 g/mol. The molecular weight excluding hydrogens is 386 g/mol. The molecule has 2 aromatic carbocycles. The number of amides is 1. The summed E-state index contributed by atoms with van der Waals surface area (Å²) in [6.45, 7) is 2.21. The summed E-state index contributed by atoms with van der Waals surface area (Å²) >= 11 is 0. The number of aliphatic carboxylic acids is 1. The Bertz CT molecular complexity index is 810. The van der Waals surface area contributed by atoms with Gasteiger partial charge >= 0.3 is 5.97 Å². The van der Waals surface area contributed by atoms with E-state index in [2.05, 4.69) is 5.32 Å². The second kappa shape index (κ2) is 11.9. The van der Waals surface area contributed by atoms with Gasteiger partial charge in [-0.15, -0.1) is 0 Å². The van der Waals surface area contributed by atoms with Crippen molar-refractivity contribution in [3.05, 3.63) is 60.2 Å². The van der Waals surface area contributed by atoms with E-state index in [1.807, 2.05) is 37.3 Å². The topological polar surface area (TPSA) is 116 Å². The summed E-state index contributed by atoms with van der Waals surface area (Å²) < 4.78 is 5.74. The summed E-state index contributed by atoms with van der Waals surface area (Å²) in [5.74, 6) is -0.173. The van der Waals surface area contributed by atoms with Crippen molar-refractivity contribution in [1.82, 2.24) is 5.32 Å². The zero-order chi connectivity index (χ0) is 21.9. The Labute approximate surface area is 176 Å². The number of hydrogen-bond acceptors (Lipinski definition) is 5. The van der Waals surface area contributed by atoms with Gasteiger partial charge in [-0.1, -0.05) is 31.2 Å². The molecule has 0 saturated carbocycles. The molecule has 30 heavy (non-hydrogen) atoms. The molecule has 0 aromatic heterocycles. The predicted octanol–water partition coefficient (Wildman–Crippen LogP) is 3.21. The van der Waals surface area contributed by atoms with E-state index in [1.165, 1.54) is 0 Å². The monoisotopic (exact) mass is 415 g/mol. The zero-order valence-corrected chi connectivity index (χ0v) is 17.0. The number of aliphatic hydroxyl groups is 2. The van der Waals surface area contributed by atoms with Gasteiger partial charge in [-0.3, -0.25) is 4.79 Å². The second-order valence-corrected chi connectivity index (χ2v) is 7.41. The third kappa shape index (κ3) is 8.23. The molecule has 0 saturated heterocycles. The number of rotatable bonds is 12. The lowest BCUT2D eigenvalue weighted by Gasteiger charge is -2.17. The Morgan fingerprint density at radius 2 is 1.67 bits per heavy atom. The van der Waals surface area contributed by atoms with Crippen LogP contribution >= 0.6 is 0 Å². The van der Waals surface area contributed by atoms with Gasteiger partial charge < -0.3 is 25.4 Å². The molecule has 162 valence electrons. The highest BCUT2D eigenvalue weighted by molar-refractivity contribution is 5.94. The van der Waals surface area contributed by atoms with Crippen molar-refractivity contribution in [3.8, 4) is 11.5 Å². The van der Waals surface area contributed by atoms with Crippen LogP contribution in [-0.2, 0) is 4.79 Å². The largest absolute Gasteiger partial charge is 0.479 e. The molecule has 2 aromatic rings. The third-order valence-corrected chi connectivity index (χ3v) is 4.73. The van der Waals surface area contributed by atoms with Crippen LogP contribution in [0.2, 0.25) is 0 Å². The second-order valence-electron chi connectivity index (χ2n) is 7.41. The molecule has 0 aliphatic carbocycles. The summed E-state index contributed by atoms with van der Waals surface area (Å²) in [6.07, 6.45) is -0.465. The van der Waals surface area contributed by atoms with Crippen LogP contribution < -0.4 is 10.1 Å². The number of carboxylic acids is 1. The van der Waals surface area contributed by atoms with E-state index in [0.717, 1.165) is 0 Å². The molecule has 7 nitrogen and oxygen atoms in total. The third-order valence-electron chi connectivity index (χ3n) is 4.73. The minimum absolute atomic E-state index is 0.0662. The smallest absolute Gasteiger partial charge is 0.332 e. The number of aliphatic hydroxyl groups excluding tert-OH is 2. The van der Waals surface area contributed by atoms with Crippen LogP contribution in [0.5, 0.6) is 11.5 Å². The lowest BCUT2D eigenvalue weighted by Crippen LogP contribution is -2.28. The molecule has 7 heteroatoms. The number of hydrogen-bond donors (Lipinski definition) is 4. The van der Waals surface area contributed by atoms with Crippen LogP contribution in [-0.4, -0.2) is 45.9 Å². The van der Waals surface area contributed by atoms with E-state index in [1.54, 1.807) is 24.3 Å². The summed E-state index contributed by atoms with van der Waals surface area (Å²) in [7, 11) is 0. The lowest BCUT2D eigenvalue weighted by atomic mass is 9.95. The fourth-order valence-electron chi connectivity index (χ4n) is 3.05. The van der Waals surface area contributed by atoms with Gasteiger partial charge in [0.25, 0.3) is 5.91 Å². The van der Waals surface area contributed by atoms with Crippen molar-refractivity contribution in [2.75, 3.05) is 6.54 Å².